The van der Waals surface area contributed by atoms with E-state index in [4.69, 9.17) is 19.2 Å². The van der Waals surface area contributed by atoms with E-state index in [-0.39, 0.29) is 26.0 Å². The van der Waals surface area contributed by atoms with Gasteiger partial charge in [0.2, 0.25) is 17.7 Å². The molecule has 6 atom stereocenters. The fourth-order valence-corrected chi connectivity index (χ4v) is 7.40. The molecule has 6 rings (SSSR count). The van der Waals surface area contributed by atoms with Crippen LogP contribution in [0.5, 0.6) is 5.88 Å². The number of hydrogen-bond acceptors (Lipinski definition) is 9. The number of nitrogens with one attached hydrogen (secondary N) is 2. The molecule has 3 aromatic rings. The van der Waals surface area contributed by atoms with Crippen LogP contribution < -0.4 is 15.4 Å². The third-order valence-electron chi connectivity index (χ3n) is 9.90. The van der Waals surface area contributed by atoms with E-state index >= 15 is 0 Å². The SMILES string of the molecule is CCOC(=O)[C@@]12C[C@H]1[C@H](O)CCCCCC[C@H](NC(=O)OC(C)(C)C)C(=O)N1C[C@H](Oc3nc4ccccc4c4ccccc34)C[C@H]1C(=O)N2. The summed E-state index contributed by atoms with van der Waals surface area (Å²) < 4.78 is 17.4. The van der Waals surface area contributed by atoms with Gasteiger partial charge in [-0.15, -0.1) is 0 Å². The van der Waals surface area contributed by atoms with E-state index in [0.717, 1.165) is 34.5 Å². The van der Waals surface area contributed by atoms with Gasteiger partial charge in [0.15, 0.2) is 0 Å². The summed E-state index contributed by atoms with van der Waals surface area (Å²) in [7, 11) is 0. The summed E-state index contributed by atoms with van der Waals surface area (Å²) in [5.41, 5.74) is -1.41. The minimum Gasteiger partial charge on any atom is -0.472 e. The van der Waals surface area contributed by atoms with Gasteiger partial charge in [-0.05, 0) is 64.5 Å². The Morgan fingerprint density at radius 2 is 1.68 bits per heavy atom. The van der Waals surface area contributed by atoms with Crippen LogP contribution in [0.4, 0.5) is 4.79 Å². The van der Waals surface area contributed by atoms with Crippen LogP contribution in [-0.2, 0) is 23.9 Å². The number of nitrogens with zero attached hydrogens (tertiary/aromatic N) is 2. The van der Waals surface area contributed by atoms with Crippen molar-refractivity contribution >= 4 is 45.6 Å². The van der Waals surface area contributed by atoms with Crippen LogP contribution in [0.2, 0.25) is 0 Å². The third kappa shape index (κ3) is 7.50. The molecular formula is C38H48N4O8. The number of benzene rings is 2. The number of amides is 3. The molecule has 0 radical (unpaired) electrons. The molecule has 3 N–H and O–H groups in total. The van der Waals surface area contributed by atoms with E-state index in [1.165, 1.54) is 4.90 Å². The van der Waals surface area contributed by atoms with Crippen molar-refractivity contribution in [2.45, 2.75) is 114 Å². The van der Waals surface area contributed by atoms with Gasteiger partial charge in [0.25, 0.3) is 0 Å². The van der Waals surface area contributed by atoms with E-state index in [1.54, 1.807) is 27.7 Å². The number of ether oxygens (including phenoxy) is 3. The second-order valence-corrected chi connectivity index (χ2v) is 14.7. The molecule has 3 fully saturated rings. The van der Waals surface area contributed by atoms with Gasteiger partial charge in [0, 0.05) is 23.1 Å². The molecule has 0 spiro atoms. The third-order valence-corrected chi connectivity index (χ3v) is 9.90. The smallest absolute Gasteiger partial charge is 0.408 e. The highest BCUT2D eigenvalue weighted by atomic mass is 16.6. The molecule has 0 unspecified atom stereocenters. The molecule has 2 aromatic carbocycles. The van der Waals surface area contributed by atoms with Crippen molar-refractivity contribution in [2.75, 3.05) is 13.2 Å². The number of para-hydroxylation sites is 1. The van der Waals surface area contributed by atoms with Gasteiger partial charge in [0.05, 0.1) is 24.8 Å². The molecule has 2 aliphatic heterocycles. The zero-order valence-electron chi connectivity index (χ0n) is 29.3. The van der Waals surface area contributed by atoms with Crippen molar-refractivity contribution in [1.82, 2.24) is 20.5 Å². The molecule has 1 aliphatic carbocycles. The number of fused-ring (bicyclic) bond motifs is 5. The van der Waals surface area contributed by atoms with Crippen LogP contribution in [0, 0.1) is 5.92 Å². The predicted molar refractivity (Wildman–Crippen MR) is 186 cm³/mol. The van der Waals surface area contributed by atoms with Crippen LogP contribution in [0.15, 0.2) is 48.5 Å². The number of esters is 1. The lowest BCUT2D eigenvalue weighted by atomic mass is 10.0. The number of pyridine rings is 1. The van der Waals surface area contributed by atoms with E-state index in [1.807, 2.05) is 48.5 Å². The zero-order valence-corrected chi connectivity index (χ0v) is 29.3. The second-order valence-electron chi connectivity index (χ2n) is 14.7. The van der Waals surface area contributed by atoms with Crippen LogP contribution in [0.1, 0.15) is 79.1 Å². The molecule has 2 saturated heterocycles. The first-order valence-corrected chi connectivity index (χ1v) is 17.8. The molecule has 0 bridgehead atoms. The summed E-state index contributed by atoms with van der Waals surface area (Å²) in [6.45, 7) is 7.10. The maximum absolute atomic E-state index is 14.4. The topological polar surface area (TPSA) is 156 Å². The van der Waals surface area contributed by atoms with Crippen LogP contribution in [-0.4, -0.2) is 87.5 Å². The Balaban J connectivity index is 1.34. The maximum Gasteiger partial charge on any atom is 0.408 e. The molecule has 1 saturated carbocycles. The molecule has 1 aromatic heterocycles. The summed E-state index contributed by atoms with van der Waals surface area (Å²) in [5, 5.41) is 19.5. The Bertz CT molecular complexity index is 1760. The summed E-state index contributed by atoms with van der Waals surface area (Å²) >= 11 is 0. The van der Waals surface area contributed by atoms with Crippen molar-refractivity contribution in [3.8, 4) is 5.88 Å². The first-order valence-electron chi connectivity index (χ1n) is 17.8. The van der Waals surface area contributed by atoms with Crippen molar-refractivity contribution < 1.29 is 38.5 Å². The van der Waals surface area contributed by atoms with Gasteiger partial charge in [-0.2, -0.15) is 0 Å². The molecule has 3 amide bonds. The first kappa shape index (κ1) is 35.4. The number of carbonyl (C=O) groups excluding carboxylic acids is 4. The van der Waals surface area contributed by atoms with Crippen molar-refractivity contribution in [2.24, 2.45) is 5.92 Å². The van der Waals surface area contributed by atoms with Gasteiger partial charge < -0.3 is 34.9 Å². The van der Waals surface area contributed by atoms with Crippen LogP contribution in [0.25, 0.3) is 21.7 Å². The van der Waals surface area contributed by atoms with E-state index in [9.17, 15) is 24.3 Å². The van der Waals surface area contributed by atoms with Crippen LogP contribution in [0.3, 0.4) is 0 Å². The number of hydrogen-bond donors (Lipinski definition) is 3. The summed E-state index contributed by atoms with van der Waals surface area (Å²) in [6.07, 6.45) is 1.94. The van der Waals surface area contributed by atoms with Gasteiger partial charge >= 0.3 is 12.1 Å². The second kappa shape index (κ2) is 14.4. The number of aliphatic hydroxyl groups is 1. The normalized spacial score (nSPS) is 27.7. The molecule has 3 aliphatic rings. The minimum atomic E-state index is -1.38. The van der Waals surface area contributed by atoms with Gasteiger partial charge in [0.1, 0.15) is 29.3 Å². The average Bonchev–Trinajstić information content (AvgIpc) is 3.65. The highest BCUT2D eigenvalue weighted by Crippen LogP contribution is 2.48. The molecule has 12 nitrogen and oxygen atoms in total. The maximum atomic E-state index is 14.4. The number of carbonyl (C=O) groups is 4. The summed E-state index contributed by atoms with van der Waals surface area (Å²) in [4.78, 5) is 61.2. The van der Waals surface area contributed by atoms with E-state index in [2.05, 4.69) is 10.6 Å². The lowest BCUT2D eigenvalue weighted by Crippen LogP contribution is -2.57. The number of aliphatic hydroxyl groups excluding tert-OH is 1. The highest BCUT2D eigenvalue weighted by molar-refractivity contribution is 6.07. The van der Waals surface area contributed by atoms with Gasteiger partial charge in [-0.1, -0.05) is 62.1 Å². The first-order chi connectivity index (χ1) is 23.9. The van der Waals surface area contributed by atoms with E-state index < -0.39 is 65.2 Å². The number of alkyl carbamates (subject to hydrolysis) is 1. The van der Waals surface area contributed by atoms with Gasteiger partial charge in [-0.3, -0.25) is 9.59 Å². The monoisotopic (exact) mass is 688 g/mol. The zero-order chi connectivity index (χ0) is 35.6. The molecule has 268 valence electrons. The van der Waals surface area contributed by atoms with Crippen molar-refractivity contribution in [3.05, 3.63) is 48.5 Å². The fourth-order valence-electron chi connectivity index (χ4n) is 7.40. The quantitative estimate of drug-likeness (QED) is 0.254. The molecule has 50 heavy (non-hydrogen) atoms. The highest BCUT2D eigenvalue weighted by Gasteiger charge is 2.65. The minimum absolute atomic E-state index is 0.0463. The number of aromatic nitrogens is 1. The predicted octanol–water partition coefficient (Wildman–Crippen LogP) is 4.78. The molecule has 3 heterocycles. The molecule has 12 heteroatoms. The molecular weight excluding hydrogens is 640 g/mol. The standard InChI is InChI=1S/C38H48N4O8/c1-5-48-35(46)38-21-27(38)31(43)19-9-7-6-8-18-29(40-36(47)50-37(2,3)4)34(45)42-22-23(20-30(42)32(44)41-38)49-33-26-16-11-10-14-24(26)25-15-12-13-17-28(25)39-33/h10-17,23,27,29-31,43H,5-9,18-22H2,1-4H3,(H,40,47)(H,41,44)/t23-,27+,29+,30+,31-,38-/m1/s1. The average molecular weight is 689 g/mol. The lowest BCUT2D eigenvalue weighted by molar-refractivity contribution is -0.151. The Kier molecular flexibility index (Phi) is 10.2. The largest absolute Gasteiger partial charge is 0.472 e. The Labute approximate surface area is 292 Å². The van der Waals surface area contributed by atoms with Crippen LogP contribution >= 0.6 is 0 Å². The Morgan fingerprint density at radius 1 is 1.00 bits per heavy atom. The summed E-state index contributed by atoms with van der Waals surface area (Å²) in [6, 6.07) is 13.6. The van der Waals surface area contributed by atoms with Crippen molar-refractivity contribution in [3.63, 3.8) is 0 Å². The summed E-state index contributed by atoms with van der Waals surface area (Å²) in [5.74, 6) is -1.69. The Morgan fingerprint density at radius 3 is 2.40 bits per heavy atom. The lowest BCUT2D eigenvalue weighted by Gasteiger charge is -2.30. The van der Waals surface area contributed by atoms with E-state index in [0.29, 0.717) is 31.6 Å². The fraction of sp³-hybridized carbons (Fsp3) is 0.553. The Hall–Kier alpha value is -4.45. The number of rotatable bonds is 5. The van der Waals surface area contributed by atoms with Crippen molar-refractivity contribution in [1.29, 1.82) is 0 Å². The van der Waals surface area contributed by atoms with Gasteiger partial charge in [-0.25, -0.2) is 14.6 Å².